The smallest absolute Gasteiger partial charge is 0.144 e. The molecule has 0 aromatic rings. The number of hydrogen-bond acceptors (Lipinski definition) is 3. The van der Waals surface area contributed by atoms with Crippen LogP contribution in [0.25, 0.3) is 0 Å². The van der Waals surface area contributed by atoms with Crippen LogP contribution in [0.5, 0.6) is 0 Å². The van der Waals surface area contributed by atoms with Gasteiger partial charge in [-0.1, -0.05) is 19.0 Å². The highest BCUT2D eigenvalue weighted by molar-refractivity contribution is 5.85. The van der Waals surface area contributed by atoms with Crippen molar-refractivity contribution < 1.29 is 9.94 Å². The molecule has 0 amide bonds. The fourth-order valence-corrected chi connectivity index (χ4v) is 1.56. The molecular formula is C11H22N2O2. The van der Waals surface area contributed by atoms with Gasteiger partial charge in [0.05, 0.1) is 6.10 Å². The molecule has 0 bridgehead atoms. The number of oxime groups is 1. The molecular weight excluding hydrogens is 192 g/mol. The van der Waals surface area contributed by atoms with Crippen molar-refractivity contribution in [1.82, 2.24) is 0 Å². The van der Waals surface area contributed by atoms with Crippen LogP contribution in [0.1, 0.15) is 46.0 Å². The van der Waals surface area contributed by atoms with Crippen molar-refractivity contribution in [2.24, 2.45) is 16.3 Å². The largest absolute Gasteiger partial charge is 0.409 e. The van der Waals surface area contributed by atoms with E-state index in [-0.39, 0.29) is 5.41 Å². The van der Waals surface area contributed by atoms with Gasteiger partial charge in [0.15, 0.2) is 0 Å². The molecule has 0 heterocycles. The van der Waals surface area contributed by atoms with Crippen molar-refractivity contribution in [3.05, 3.63) is 0 Å². The zero-order chi connectivity index (χ0) is 11.3. The first-order valence-electron chi connectivity index (χ1n) is 5.66. The fraction of sp³-hybridized carbons (Fsp3) is 0.909. The highest BCUT2D eigenvalue weighted by Crippen LogP contribution is 2.25. The summed E-state index contributed by atoms with van der Waals surface area (Å²) in [4.78, 5) is 0. The Labute approximate surface area is 91.5 Å². The van der Waals surface area contributed by atoms with E-state index >= 15 is 0 Å². The van der Waals surface area contributed by atoms with Gasteiger partial charge in [-0.2, -0.15) is 0 Å². The summed E-state index contributed by atoms with van der Waals surface area (Å²) >= 11 is 0. The molecule has 1 aliphatic carbocycles. The van der Waals surface area contributed by atoms with Crippen LogP contribution in [0.2, 0.25) is 0 Å². The molecule has 1 fully saturated rings. The third-order valence-electron chi connectivity index (χ3n) is 3.15. The van der Waals surface area contributed by atoms with E-state index in [1.807, 2.05) is 13.8 Å². The van der Waals surface area contributed by atoms with Gasteiger partial charge >= 0.3 is 0 Å². The number of nitrogens with zero attached hydrogens (tertiary/aromatic N) is 1. The highest BCUT2D eigenvalue weighted by Gasteiger charge is 2.23. The molecule has 0 saturated heterocycles. The van der Waals surface area contributed by atoms with Crippen molar-refractivity contribution in [1.29, 1.82) is 0 Å². The van der Waals surface area contributed by atoms with Crippen molar-refractivity contribution >= 4 is 5.84 Å². The average molecular weight is 214 g/mol. The highest BCUT2D eigenvalue weighted by atomic mass is 16.5. The van der Waals surface area contributed by atoms with Gasteiger partial charge in [-0.05, 0) is 32.1 Å². The van der Waals surface area contributed by atoms with E-state index in [9.17, 15) is 0 Å². The van der Waals surface area contributed by atoms with Crippen LogP contribution < -0.4 is 5.73 Å². The molecule has 1 rings (SSSR count). The lowest BCUT2D eigenvalue weighted by molar-refractivity contribution is -0.000906. The molecule has 0 aliphatic heterocycles. The van der Waals surface area contributed by atoms with Crippen LogP contribution in [0, 0.1) is 5.41 Å². The summed E-state index contributed by atoms with van der Waals surface area (Å²) in [5.74, 6) is 0.297. The summed E-state index contributed by atoms with van der Waals surface area (Å²) < 4.78 is 5.64. The Morgan fingerprint density at radius 1 is 1.53 bits per heavy atom. The molecule has 1 aliphatic rings. The summed E-state index contributed by atoms with van der Waals surface area (Å²) in [5, 5.41) is 11.6. The second-order valence-corrected chi connectivity index (χ2v) is 4.90. The summed E-state index contributed by atoms with van der Waals surface area (Å²) in [5.41, 5.74) is 5.35. The molecule has 0 radical (unpaired) electrons. The molecule has 4 heteroatoms. The van der Waals surface area contributed by atoms with Crippen molar-refractivity contribution in [2.45, 2.75) is 52.1 Å². The minimum absolute atomic E-state index is 0.238. The molecule has 1 saturated carbocycles. The van der Waals surface area contributed by atoms with Crippen LogP contribution in [0.3, 0.4) is 0 Å². The number of hydrogen-bond donors (Lipinski definition) is 2. The topological polar surface area (TPSA) is 67.8 Å². The van der Waals surface area contributed by atoms with Gasteiger partial charge in [0.1, 0.15) is 5.84 Å². The third-order valence-corrected chi connectivity index (χ3v) is 3.15. The molecule has 15 heavy (non-hydrogen) atoms. The van der Waals surface area contributed by atoms with E-state index in [0.29, 0.717) is 11.9 Å². The van der Waals surface area contributed by atoms with E-state index in [4.69, 9.17) is 15.7 Å². The Morgan fingerprint density at radius 2 is 2.20 bits per heavy atom. The van der Waals surface area contributed by atoms with E-state index < -0.39 is 0 Å². The molecule has 0 unspecified atom stereocenters. The van der Waals surface area contributed by atoms with Crippen LogP contribution >= 0.6 is 0 Å². The van der Waals surface area contributed by atoms with Crippen LogP contribution in [0.15, 0.2) is 5.16 Å². The SMILES string of the molecule is CC(C)(CCCOC1CCC1)C(N)=NO. The molecule has 4 nitrogen and oxygen atoms in total. The summed E-state index contributed by atoms with van der Waals surface area (Å²) in [6.07, 6.45) is 6.07. The van der Waals surface area contributed by atoms with Gasteiger partial charge in [0.2, 0.25) is 0 Å². The maximum Gasteiger partial charge on any atom is 0.144 e. The molecule has 3 N–H and O–H groups in total. The predicted molar refractivity (Wildman–Crippen MR) is 60.0 cm³/mol. The monoisotopic (exact) mass is 214 g/mol. The first-order valence-corrected chi connectivity index (χ1v) is 5.66. The Kier molecular flexibility index (Phi) is 4.39. The number of nitrogens with two attached hydrogens (primary N) is 1. The van der Waals surface area contributed by atoms with Crippen molar-refractivity contribution in [3.63, 3.8) is 0 Å². The van der Waals surface area contributed by atoms with E-state index in [1.165, 1.54) is 19.3 Å². The van der Waals surface area contributed by atoms with Crippen LogP contribution in [0.4, 0.5) is 0 Å². The van der Waals surface area contributed by atoms with E-state index in [0.717, 1.165) is 19.4 Å². The van der Waals surface area contributed by atoms with Crippen molar-refractivity contribution in [3.8, 4) is 0 Å². The maximum absolute atomic E-state index is 8.59. The number of ether oxygens (including phenoxy) is 1. The van der Waals surface area contributed by atoms with Gasteiger partial charge in [-0.25, -0.2) is 0 Å². The summed E-state index contributed by atoms with van der Waals surface area (Å²) in [6, 6.07) is 0. The second-order valence-electron chi connectivity index (χ2n) is 4.90. The summed E-state index contributed by atoms with van der Waals surface area (Å²) in [6.45, 7) is 4.74. The van der Waals surface area contributed by atoms with Gasteiger partial charge in [0.25, 0.3) is 0 Å². The minimum atomic E-state index is -0.238. The maximum atomic E-state index is 8.59. The Hall–Kier alpha value is -0.770. The van der Waals surface area contributed by atoms with Gasteiger partial charge in [0, 0.05) is 12.0 Å². The van der Waals surface area contributed by atoms with Crippen molar-refractivity contribution in [2.75, 3.05) is 6.61 Å². The Morgan fingerprint density at radius 3 is 2.67 bits per heavy atom. The van der Waals surface area contributed by atoms with Crippen LogP contribution in [-0.2, 0) is 4.74 Å². The first kappa shape index (κ1) is 12.3. The summed E-state index contributed by atoms with van der Waals surface area (Å²) in [7, 11) is 0. The normalized spacial score (nSPS) is 18.9. The average Bonchev–Trinajstić information content (AvgIpc) is 2.13. The molecule has 0 aromatic carbocycles. The molecule has 0 atom stereocenters. The van der Waals surface area contributed by atoms with Gasteiger partial charge < -0.3 is 15.7 Å². The Balaban J connectivity index is 2.12. The van der Waals surface area contributed by atoms with Gasteiger partial charge in [-0.15, -0.1) is 0 Å². The molecule has 0 aromatic heterocycles. The van der Waals surface area contributed by atoms with Gasteiger partial charge in [-0.3, -0.25) is 0 Å². The lowest BCUT2D eigenvalue weighted by Gasteiger charge is -2.27. The zero-order valence-corrected chi connectivity index (χ0v) is 9.70. The second kappa shape index (κ2) is 5.35. The van der Waals surface area contributed by atoms with Crippen LogP contribution in [-0.4, -0.2) is 23.8 Å². The minimum Gasteiger partial charge on any atom is -0.409 e. The third kappa shape index (κ3) is 3.70. The van der Waals surface area contributed by atoms with E-state index in [2.05, 4.69) is 5.16 Å². The number of amidine groups is 1. The molecule has 88 valence electrons. The molecule has 0 spiro atoms. The predicted octanol–water partition coefficient (Wildman–Crippen LogP) is 2.11. The first-order chi connectivity index (χ1) is 7.06. The lowest BCUT2D eigenvalue weighted by Crippen LogP contribution is -2.32. The standard InChI is InChI=1S/C11H22N2O2/c1-11(2,10(12)13-14)7-4-8-15-9-5-3-6-9/h9,14H,3-8H2,1-2H3,(H2,12,13). The fourth-order valence-electron chi connectivity index (χ4n) is 1.56. The lowest BCUT2D eigenvalue weighted by atomic mass is 9.87. The number of rotatable bonds is 6. The van der Waals surface area contributed by atoms with E-state index in [1.54, 1.807) is 0 Å². The Bertz CT molecular complexity index is 223. The zero-order valence-electron chi connectivity index (χ0n) is 9.70. The quantitative estimate of drug-likeness (QED) is 0.234.